The van der Waals surface area contributed by atoms with Gasteiger partial charge in [-0.05, 0) is 71.2 Å². The highest BCUT2D eigenvalue weighted by Crippen LogP contribution is 2.42. The molecule has 7 rings (SSSR count). The van der Waals surface area contributed by atoms with Gasteiger partial charge in [0.25, 0.3) is 0 Å². The number of aromatic nitrogens is 4. The van der Waals surface area contributed by atoms with E-state index in [0.29, 0.717) is 30.4 Å². The number of H-pyrrole nitrogens is 2. The summed E-state index contributed by atoms with van der Waals surface area (Å²) in [6, 6.07) is 22.5. The number of aromatic amines is 2. The summed E-state index contributed by atoms with van der Waals surface area (Å²) in [5, 5.41) is 7.10. The van der Waals surface area contributed by atoms with E-state index in [2.05, 4.69) is 48.5 Å². The van der Waals surface area contributed by atoms with E-state index in [4.69, 9.17) is 14.5 Å². The molecule has 15 nitrogen and oxygen atoms in total. The monoisotopic (exact) mass is 814 g/mol. The number of rotatable bonds is 14. The lowest BCUT2D eigenvalue weighted by Crippen LogP contribution is -2.44. The SMILES string of the molecule is CC[C@H](C)N(Cc1nc2c(ccc3cc4c(cc32)OCc2cc(-c3cnc(CN(CC(C)C)C(=O)[C@H](NC(=O)OC)c5ccccc5)[nH]3)ccc2-4)[nH]1)C(=O)CNC(=O)OC. The molecule has 4 aromatic carbocycles. The number of ether oxygens (including phenoxy) is 3. The van der Waals surface area contributed by atoms with Gasteiger partial charge in [0.2, 0.25) is 11.8 Å². The molecule has 3 heterocycles. The van der Waals surface area contributed by atoms with E-state index in [0.717, 1.165) is 61.9 Å². The third kappa shape index (κ3) is 8.89. The number of alkyl carbamates (subject to hydrolysis) is 2. The predicted molar refractivity (Wildman–Crippen MR) is 227 cm³/mol. The fourth-order valence-electron chi connectivity index (χ4n) is 7.51. The van der Waals surface area contributed by atoms with E-state index in [1.165, 1.54) is 14.2 Å². The number of fused-ring (bicyclic) bond motifs is 6. The first-order valence-corrected chi connectivity index (χ1v) is 20.0. The summed E-state index contributed by atoms with van der Waals surface area (Å²) in [7, 11) is 2.53. The van der Waals surface area contributed by atoms with E-state index in [9.17, 15) is 19.2 Å². The zero-order chi connectivity index (χ0) is 42.5. The Bertz CT molecular complexity index is 2530. The molecule has 0 saturated carbocycles. The summed E-state index contributed by atoms with van der Waals surface area (Å²) < 4.78 is 15.8. The second-order valence-electron chi connectivity index (χ2n) is 15.3. The van der Waals surface area contributed by atoms with Gasteiger partial charge in [0, 0.05) is 23.5 Å². The minimum absolute atomic E-state index is 0.0783. The van der Waals surface area contributed by atoms with Crippen LogP contribution in [0.15, 0.2) is 79.0 Å². The van der Waals surface area contributed by atoms with Crippen LogP contribution >= 0.6 is 0 Å². The normalized spacial score (nSPS) is 12.8. The van der Waals surface area contributed by atoms with Gasteiger partial charge in [0.05, 0.1) is 50.2 Å². The van der Waals surface area contributed by atoms with Gasteiger partial charge in [-0.3, -0.25) is 9.59 Å². The van der Waals surface area contributed by atoms with E-state index in [-0.39, 0.29) is 43.4 Å². The molecule has 6 aromatic rings. The molecular formula is C45H50N8O7. The van der Waals surface area contributed by atoms with Gasteiger partial charge in [0.15, 0.2) is 0 Å². The van der Waals surface area contributed by atoms with Crippen molar-refractivity contribution in [3.8, 4) is 28.1 Å². The molecule has 4 amide bonds. The molecule has 0 fully saturated rings. The molecule has 15 heteroatoms. The molecule has 60 heavy (non-hydrogen) atoms. The van der Waals surface area contributed by atoms with Crippen LogP contribution in [0.2, 0.25) is 0 Å². The Balaban J connectivity index is 1.11. The van der Waals surface area contributed by atoms with Gasteiger partial charge in [-0.15, -0.1) is 0 Å². The van der Waals surface area contributed by atoms with E-state index < -0.39 is 18.2 Å². The molecule has 0 spiro atoms. The maximum absolute atomic E-state index is 14.0. The van der Waals surface area contributed by atoms with Crippen LogP contribution in [0.1, 0.15) is 62.9 Å². The molecule has 2 atom stereocenters. The second-order valence-corrected chi connectivity index (χ2v) is 15.3. The first-order valence-electron chi connectivity index (χ1n) is 20.0. The fourth-order valence-corrected chi connectivity index (χ4v) is 7.51. The van der Waals surface area contributed by atoms with E-state index in [1.54, 1.807) is 28.1 Å². The molecular weight excluding hydrogens is 765 g/mol. The van der Waals surface area contributed by atoms with Crippen molar-refractivity contribution in [1.29, 1.82) is 0 Å². The molecule has 0 aliphatic carbocycles. The summed E-state index contributed by atoms with van der Waals surface area (Å²) in [4.78, 5) is 70.9. The average molecular weight is 815 g/mol. The van der Waals surface area contributed by atoms with Crippen molar-refractivity contribution in [1.82, 2.24) is 40.4 Å². The first-order chi connectivity index (χ1) is 29.0. The minimum Gasteiger partial charge on any atom is -0.488 e. The fraction of sp³-hybridized carbons (Fsp3) is 0.333. The summed E-state index contributed by atoms with van der Waals surface area (Å²) in [6.45, 7) is 9.14. The predicted octanol–water partition coefficient (Wildman–Crippen LogP) is 7.23. The van der Waals surface area contributed by atoms with Crippen molar-refractivity contribution in [2.24, 2.45) is 5.92 Å². The Morgan fingerprint density at radius 3 is 2.40 bits per heavy atom. The Hall–Kier alpha value is -6.90. The number of hydrogen-bond acceptors (Lipinski definition) is 9. The number of nitrogens with zero attached hydrogens (tertiary/aromatic N) is 4. The van der Waals surface area contributed by atoms with Crippen LogP contribution in [0.25, 0.3) is 44.2 Å². The van der Waals surface area contributed by atoms with Gasteiger partial charge in [0.1, 0.15) is 36.6 Å². The minimum atomic E-state index is -0.929. The number of nitrogens with one attached hydrogen (secondary N) is 4. The molecule has 1 aliphatic heterocycles. The zero-order valence-electron chi connectivity index (χ0n) is 34.6. The van der Waals surface area contributed by atoms with Crippen LogP contribution in [0.5, 0.6) is 5.75 Å². The highest BCUT2D eigenvalue weighted by atomic mass is 16.5. The lowest BCUT2D eigenvalue weighted by atomic mass is 9.92. The molecule has 0 unspecified atom stereocenters. The van der Waals surface area contributed by atoms with Gasteiger partial charge >= 0.3 is 12.2 Å². The molecule has 0 saturated heterocycles. The Morgan fingerprint density at radius 2 is 1.67 bits per heavy atom. The smallest absolute Gasteiger partial charge is 0.407 e. The number of hydrogen-bond donors (Lipinski definition) is 4. The van der Waals surface area contributed by atoms with Crippen molar-refractivity contribution in [3.63, 3.8) is 0 Å². The first kappa shape index (κ1) is 41.3. The third-order valence-corrected chi connectivity index (χ3v) is 10.7. The lowest BCUT2D eigenvalue weighted by molar-refractivity contribution is -0.135. The molecule has 312 valence electrons. The number of amides is 4. The van der Waals surface area contributed by atoms with Crippen LogP contribution in [0.3, 0.4) is 0 Å². The van der Waals surface area contributed by atoms with Gasteiger partial charge in [-0.25, -0.2) is 19.6 Å². The summed E-state index contributed by atoms with van der Waals surface area (Å²) in [5.74, 6) is 1.65. The second kappa shape index (κ2) is 17.9. The van der Waals surface area contributed by atoms with Gasteiger partial charge in [-0.2, -0.15) is 0 Å². The molecule has 0 radical (unpaired) electrons. The lowest BCUT2D eigenvalue weighted by Gasteiger charge is -2.28. The van der Waals surface area contributed by atoms with Crippen LogP contribution in [-0.4, -0.2) is 87.1 Å². The van der Waals surface area contributed by atoms with Crippen LogP contribution in [0, 0.1) is 5.92 Å². The summed E-state index contributed by atoms with van der Waals surface area (Å²) in [6.07, 6.45) is 1.14. The van der Waals surface area contributed by atoms with E-state index in [1.807, 2.05) is 70.2 Å². The largest absolute Gasteiger partial charge is 0.488 e. The molecule has 1 aliphatic rings. The van der Waals surface area contributed by atoms with Crippen LogP contribution in [0.4, 0.5) is 9.59 Å². The van der Waals surface area contributed by atoms with Gasteiger partial charge in [-0.1, -0.05) is 69.3 Å². The average Bonchev–Trinajstić information content (AvgIpc) is 3.92. The third-order valence-electron chi connectivity index (χ3n) is 10.7. The van der Waals surface area contributed by atoms with Crippen molar-refractivity contribution in [2.45, 2.75) is 65.9 Å². The van der Waals surface area contributed by atoms with Crippen molar-refractivity contribution in [3.05, 3.63) is 102 Å². The Morgan fingerprint density at radius 1 is 0.883 bits per heavy atom. The maximum Gasteiger partial charge on any atom is 0.407 e. The molecule has 4 N–H and O–H groups in total. The van der Waals surface area contributed by atoms with Gasteiger partial charge < -0.3 is 44.6 Å². The maximum atomic E-state index is 14.0. The summed E-state index contributed by atoms with van der Waals surface area (Å²) in [5.41, 5.74) is 7.04. The van der Waals surface area contributed by atoms with Crippen LogP contribution < -0.4 is 15.4 Å². The summed E-state index contributed by atoms with van der Waals surface area (Å²) >= 11 is 0. The standard InChI is InChI=1S/C45H50N8O7/c1-7-27(4)53(40(54)21-47-44(56)58-5)24-39-48-35-16-14-29-18-34-32-15-13-30(17-31(32)25-60-37(34)19-33(29)42(35)50-39)36-20-46-38(49-36)23-52(22-26(2)3)43(55)41(51-45(57)59-6)28-11-9-8-10-12-28/h8-20,26-27,41H,7,21-25H2,1-6H3,(H,46,49)(H,47,56)(H,48,50)(H,51,57)/t27-,41+/m0/s1. The van der Waals surface area contributed by atoms with Crippen molar-refractivity contribution < 1.29 is 33.4 Å². The Kier molecular flexibility index (Phi) is 12.3. The number of methoxy groups -OCH3 is 2. The number of imidazole rings is 2. The van der Waals surface area contributed by atoms with Crippen molar-refractivity contribution in [2.75, 3.05) is 27.3 Å². The van der Waals surface area contributed by atoms with E-state index >= 15 is 0 Å². The van der Waals surface area contributed by atoms with Crippen LogP contribution in [-0.2, 0) is 38.8 Å². The number of carbonyl (C=O) groups excluding carboxylic acids is 4. The zero-order valence-corrected chi connectivity index (χ0v) is 34.6. The number of benzene rings is 4. The Labute approximate surface area is 347 Å². The van der Waals surface area contributed by atoms with Crippen molar-refractivity contribution >= 4 is 45.8 Å². The number of carbonyl (C=O) groups is 4. The topological polar surface area (TPSA) is 184 Å². The molecule has 0 bridgehead atoms. The molecule has 2 aromatic heterocycles. The highest BCUT2D eigenvalue weighted by Gasteiger charge is 2.30. The highest BCUT2D eigenvalue weighted by molar-refractivity contribution is 6.07. The quantitative estimate of drug-likeness (QED) is 0.0881.